The first kappa shape index (κ1) is 17.4. The maximum atomic E-state index is 12.1. The fourth-order valence-electron chi connectivity index (χ4n) is 1.61. The van der Waals surface area contributed by atoms with E-state index in [0.717, 1.165) is 4.88 Å². The highest BCUT2D eigenvalue weighted by Crippen LogP contribution is 2.13. The molecule has 0 spiro atoms. The van der Waals surface area contributed by atoms with E-state index in [1.165, 1.54) is 6.08 Å². The summed E-state index contributed by atoms with van der Waals surface area (Å²) in [6.07, 6.45) is 3.16. The van der Waals surface area contributed by atoms with Crippen LogP contribution >= 0.6 is 11.3 Å². The zero-order valence-corrected chi connectivity index (χ0v) is 14.0. The molecule has 0 aliphatic carbocycles. The van der Waals surface area contributed by atoms with Crippen molar-refractivity contribution in [3.05, 3.63) is 28.5 Å². The first-order valence-electron chi connectivity index (χ1n) is 6.94. The first-order chi connectivity index (χ1) is 9.69. The summed E-state index contributed by atoms with van der Waals surface area (Å²) in [4.78, 5) is 25.0. The Morgan fingerprint density at radius 3 is 2.48 bits per heavy atom. The summed E-state index contributed by atoms with van der Waals surface area (Å²) < 4.78 is 5.34. The second-order valence-corrected chi connectivity index (χ2v) is 7.09. The molecule has 116 valence electrons. The third-order valence-corrected chi connectivity index (χ3v) is 3.40. The third kappa shape index (κ3) is 6.58. The molecule has 0 saturated heterocycles. The van der Waals surface area contributed by atoms with Gasteiger partial charge in [0.05, 0.1) is 0 Å². The summed E-state index contributed by atoms with van der Waals surface area (Å²) in [6.45, 7) is 9.16. The molecule has 4 nitrogen and oxygen atoms in total. The number of esters is 1. The van der Waals surface area contributed by atoms with Crippen LogP contribution in [0.2, 0.25) is 0 Å². The second-order valence-electron chi connectivity index (χ2n) is 6.11. The maximum Gasteiger partial charge on any atom is 0.329 e. The summed E-state index contributed by atoms with van der Waals surface area (Å²) in [5.41, 5.74) is -0.568. The Labute approximate surface area is 130 Å². The number of hydrogen-bond donors (Lipinski definition) is 1. The van der Waals surface area contributed by atoms with Gasteiger partial charge in [-0.25, -0.2) is 4.79 Å². The van der Waals surface area contributed by atoms with Crippen LogP contribution in [0.1, 0.15) is 39.5 Å². The molecule has 5 heteroatoms. The number of carbonyl (C=O) groups excluding carboxylic acids is 2. The predicted octanol–water partition coefficient (Wildman–Crippen LogP) is 3.24. The van der Waals surface area contributed by atoms with Gasteiger partial charge in [-0.3, -0.25) is 4.79 Å². The number of amides is 1. The van der Waals surface area contributed by atoms with E-state index in [1.807, 2.05) is 31.4 Å². The molecule has 0 fully saturated rings. The minimum Gasteiger partial charge on any atom is -0.458 e. The molecule has 1 amide bonds. The quantitative estimate of drug-likeness (QED) is 0.671. The van der Waals surface area contributed by atoms with Crippen molar-refractivity contribution in [2.75, 3.05) is 0 Å². The number of thiophene rings is 1. The maximum absolute atomic E-state index is 12.1. The molecule has 0 unspecified atom stereocenters. The van der Waals surface area contributed by atoms with Crippen molar-refractivity contribution < 1.29 is 14.3 Å². The van der Waals surface area contributed by atoms with E-state index in [2.05, 4.69) is 5.32 Å². The average Bonchev–Trinajstić information content (AvgIpc) is 2.83. The molecule has 0 aromatic carbocycles. The van der Waals surface area contributed by atoms with Crippen LogP contribution in [0.5, 0.6) is 0 Å². The Balaban J connectivity index is 2.66. The third-order valence-electron chi connectivity index (χ3n) is 2.57. The number of hydrogen-bond acceptors (Lipinski definition) is 4. The minimum absolute atomic E-state index is 0.0427. The molecule has 0 aliphatic heterocycles. The van der Waals surface area contributed by atoms with Gasteiger partial charge in [0.2, 0.25) is 5.91 Å². The van der Waals surface area contributed by atoms with Gasteiger partial charge < -0.3 is 10.1 Å². The van der Waals surface area contributed by atoms with Crippen molar-refractivity contribution in [3.63, 3.8) is 0 Å². The fourth-order valence-corrected chi connectivity index (χ4v) is 2.23. The molecule has 21 heavy (non-hydrogen) atoms. The summed E-state index contributed by atoms with van der Waals surface area (Å²) in [5.74, 6) is -0.748. The van der Waals surface area contributed by atoms with E-state index in [4.69, 9.17) is 4.74 Å². The fraction of sp³-hybridized carbons (Fsp3) is 0.500. The molecule has 1 rings (SSSR count). The first-order valence-corrected chi connectivity index (χ1v) is 7.82. The normalized spacial score (nSPS) is 13.4. The minimum atomic E-state index is -0.648. The van der Waals surface area contributed by atoms with E-state index in [1.54, 1.807) is 38.2 Å². The Bertz CT molecular complexity index is 498. The van der Waals surface area contributed by atoms with Crippen molar-refractivity contribution in [1.29, 1.82) is 0 Å². The molecule has 0 saturated carbocycles. The number of nitrogens with one attached hydrogen (secondary N) is 1. The Kier molecular flexibility index (Phi) is 6.15. The lowest BCUT2D eigenvalue weighted by molar-refractivity contribution is -0.159. The molecule has 1 heterocycles. The van der Waals surface area contributed by atoms with Gasteiger partial charge in [-0.2, -0.15) is 0 Å². The molecular weight excluding hydrogens is 286 g/mol. The van der Waals surface area contributed by atoms with Gasteiger partial charge in [0, 0.05) is 11.0 Å². The molecule has 0 aliphatic rings. The average molecular weight is 309 g/mol. The number of rotatable bonds is 5. The Morgan fingerprint density at radius 1 is 1.33 bits per heavy atom. The van der Waals surface area contributed by atoms with Gasteiger partial charge in [-0.1, -0.05) is 19.9 Å². The summed E-state index contributed by atoms with van der Waals surface area (Å²) in [7, 11) is 0. The van der Waals surface area contributed by atoms with Crippen molar-refractivity contribution in [2.24, 2.45) is 5.92 Å². The van der Waals surface area contributed by atoms with E-state index < -0.39 is 17.6 Å². The molecule has 1 atom stereocenters. The van der Waals surface area contributed by atoms with Crippen LogP contribution < -0.4 is 5.32 Å². The van der Waals surface area contributed by atoms with Gasteiger partial charge in [0.25, 0.3) is 0 Å². The highest BCUT2D eigenvalue weighted by Gasteiger charge is 2.28. The van der Waals surface area contributed by atoms with Gasteiger partial charge in [0.15, 0.2) is 0 Å². The lowest BCUT2D eigenvalue weighted by Crippen LogP contribution is -2.46. The molecule has 0 bridgehead atoms. The second kappa shape index (κ2) is 7.41. The van der Waals surface area contributed by atoms with Gasteiger partial charge in [-0.05, 0) is 44.2 Å². The molecule has 1 aromatic rings. The number of carbonyl (C=O) groups is 2. The van der Waals surface area contributed by atoms with Crippen molar-refractivity contribution in [1.82, 2.24) is 5.32 Å². The number of ether oxygens (including phenoxy) is 1. The van der Waals surface area contributed by atoms with Crippen LogP contribution in [0.15, 0.2) is 23.6 Å². The van der Waals surface area contributed by atoms with Gasteiger partial charge >= 0.3 is 5.97 Å². The van der Waals surface area contributed by atoms with E-state index in [-0.39, 0.29) is 11.8 Å². The van der Waals surface area contributed by atoms with Crippen LogP contribution in [0.3, 0.4) is 0 Å². The summed E-state index contributed by atoms with van der Waals surface area (Å²) in [6, 6.07) is 3.19. The molecule has 0 radical (unpaired) electrons. The summed E-state index contributed by atoms with van der Waals surface area (Å²) >= 11 is 1.55. The van der Waals surface area contributed by atoms with Crippen LogP contribution in [0, 0.1) is 5.92 Å². The largest absolute Gasteiger partial charge is 0.458 e. The predicted molar refractivity (Wildman–Crippen MR) is 86.0 cm³/mol. The van der Waals surface area contributed by atoms with Crippen LogP contribution in [-0.4, -0.2) is 23.5 Å². The Hall–Kier alpha value is -1.62. The zero-order valence-electron chi connectivity index (χ0n) is 13.2. The zero-order chi connectivity index (χ0) is 16.0. The molecule has 1 aromatic heterocycles. The van der Waals surface area contributed by atoms with Crippen LogP contribution in [0.4, 0.5) is 0 Å². The lowest BCUT2D eigenvalue weighted by atomic mass is 10.0. The van der Waals surface area contributed by atoms with Gasteiger partial charge in [0.1, 0.15) is 11.6 Å². The smallest absolute Gasteiger partial charge is 0.329 e. The highest BCUT2D eigenvalue weighted by atomic mass is 32.1. The van der Waals surface area contributed by atoms with E-state index in [9.17, 15) is 9.59 Å². The van der Waals surface area contributed by atoms with E-state index in [0.29, 0.717) is 0 Å². The van der Waals surface area contributed by atoms with Crippen molar-refractivity contribution in [3.8, 4) is 0 Å². The SMILES string of the molecule is CC(C)[C@@H](NC(=O)/C=C/c1cccs1)C(=O)OC(C)(C)C. The molecule has 1 N–H and O–H groups in total. The summed E-state index contributed by atoms with van der Waals surface area (Å²) in [5, 5.41) is 4.65. The monoisotopic (exact) mass is 309 g/mol. The molecular formula is C16H23NO3S. The lowest BCUT2D eigenvalue weighted by Gasteiger charge is -2.26. The highest BCUT2D eigenvalue weighted by molar-refractivity contribution is 7.10. The van der Waals surface area contributed by atoms with Crippen LogP contribution in [-0.2, 0) is 14.3 Å². The van der Waals surface area contributed by atoms with E-state index >= 15 is 0 Å². The van der Waals surface area contributed by atoms with Crippen molar-refractivity contribution >= 4 is 29.3 Å². The topological polar surface area (TPSA) is 55.4 Å². The van der Waals surface area contributed by atoms with Crippen molar-refractivity contribution in [2.45, 2.75) is 46.3 Å². The standard InChI is InChI=1S/C16H23NO3S/c1-11(2)14(15(19)20-16(3,4)5)17-13(18)9-8-12-7-6-10-21-12/h6-11,14H,1-5H3,(H,17,18)/b9-8+/t14-/m1/s1. The Morgan fingerprint density at radius 2 is 2.00 bits per heavy atom. The van der Waals surface area contributed by atoms with Gasteiger partial charge in [-0.15, -0.1) is 11.3 Å². The van der Waals surface area contributed by atoms with Crippen LogP contribution in [0.25, 0.3) is 6.08 Å².